The van der Waals surface area contributed by atoms with E-state index in [1.54, 1.807) is 11.1 Å². The van der Waals surface area contributed by atoms with Gasteiger partial charge in [-0.3, -0.25) is 9.78 Å². The second-order valence-electron chi connectivity index (χ2n) is 6.12. The average molecular weight is 320 g/mol. The van der Waals surface area contributed by atoms with Crippen LogP contribution in [0.25, 0.3) is 0 Å². The molecule has 0 unspecified atom stereocenters. The van der Waals surface area contributed by atoms with Gasteiger partial charge in [0.2, 0.25) is 5.91 Å². The van der Waals surface area contributed by atoms with Crippen LogP contribution in [0, 0.1) is 24.2 Å². The predicted octanol–water partition coefficient (Wildman–Crippen LogP) is 2.75. The molecule has 1 fully saturated rings. The molecule has 0 bridgehead atoms. The average Bonchev–Trinajstić information content (AvgIpc) is 3.11. The number of pyridine rings is 1. The molecule has 3 rings (SSSR count). The minimum atomic E-state index is -0.0600. The Morgan fingerprint density at radius 3 is 2.83 bits per heavy atom. The molecule has 0 radical (unpaired) electrons. The number of anilines is 2. The second kappa shape index (κ2) is 6.71. The minimum absolute atomic E-state index is 0.0600. The van der Waals surface area contributed by atoms with Crippen molar-refractivity contribution in [1.29, 1.82) is 5.26 Å². The Morgan fingerprint density at radius 1 is 1.38 bits per heavy atom. The molecule has 24 heavy (non-hydrogen) atoms. The van der Waals surface area contributed by atoms with Gasteiger partial charge in [-0.25, -0.2) is 0 Å². The maximum absolute atomic E-state index is 12.8. The summed E-state index contributed by atoms with van der Waals surface area (Å²) in [5.41, 5.74) is 3.21. The standard InChI is InChI=1S/C19H20N4O/c1-14-10-18(16(11-20)12-21-14)23-9-8-15(13-23)19(24)22(2)17-6-4-3-5-7-17/h3-7,10,12,15H,8-9,13H2,1-2H3/t15-/m0/s1. The quantitative estimate of drug-likeness (QED) is 0.872. The summed E-state index contributed by atoms with van der Waals surface area (Å²) in [6.07, 6.45) is 2.40. The summed E-state index contributed by atoms with van der Waals surface area (Å²) in [7, 11) is 1.82. The van der Waals surface area contributed by atoms with E-state index in [2.05, 4.69) is 16.0 Å². The fourth-order valence-electron chi connectivity index (χ4n) is 3.13. The summed E-state index contributed by atoms with van der Waals surface area (Å²) in [6.45, 7) is 3.32. The van der Waals surface area contributed by atoms with Crippen molar-refractivity contribution in [1.82, 2.24) is 4.98 Å². The van der Waals surface area contributed by atoms with Crippen LogP contribution in [-0.2, 0) is 4.79 Å². The molecule has 5 nitrogen and oxygen atoms in total. The van der Waals surface area contributed by atoms with Crippen molar-refractivity contribution in [3.05, 3.63) is 53.9 Å². The molecule has 1 amide bonds. The highest BCUT2D eigenvalue weighted by Crippen LogP contribution is 2.28. The van der Waals surface area contributed by atoms with Crippen molar-refractivity contribution in [2.45, 2.75) is 13.3 Å². The summed E-state index contributed by atoms with van der Waals surface area (Å²) in [4.78, 5) is 20.8. The van der Waals surface area contributed by atoms with E-state index >= 15 is 0 Å². The molecule has 1 aliphatic heterocycles. The van der Waals surface area contributed by atoms with Crippen molar-refractivity contribution < 1.29 is 4.79 Å². The molecular formula is C19H20N4O. The fraction of sp³-hybridized carbons (Fsp3) is 0.316. The smallest absolute Gasteiger partial charge is 0.231 e. The molecule has 122 valence electrons. The number of aryl methyl sites for hydroxylation is 1. The van der Waals surface area contributed by atoms with E-state index in [-0.39, 0.29) is 11.8 Å². The third-order valence-electron chi connectivity index (χ3n) is 4.49. The van der Waals surface area contributed by atoms with Gasteiger partial charge in [0.25, 0.3) is 0 Å². The highest BCUT2D eigenvalue weighted by Gasteiger charge is 2.31. The first kappa shape index (κ1) is 16.0. The van der Waals surface area contributed by atoms with E-state index in [4.69, 9.17) is 0 Å². The van der Waals surface area contributed by atoms with Crippen LogP contribution >= 0.6 is 0 Å². The van der Waals surface area contributed by atoms with Crippen LogP contribution in [0.2, 0.25) is 0 Å². The van der Waals surface area contributed by atoms with E-state index in [0.717, 1.165) is 30.0 Å². The summed E-state index contributed by atoms with van der Waals surface area (Å²) in [6, 6.07) is 13.8. The normalized spacial score (nSPS) is 16.7. The molecule has 2 aromatic rings. The summed E-state index contributed by atoms with van der Waals surface area (Å²) >= 11 is 0. The Kier molecular flexibility index (Phi) is 4.48. The number of aromatic nitrogens is 1. The number of amides is 1. The number of nitrogens with zero attached hydrogens (tertiary/aromatic N) is 4. The molecule has 1 atom stereocenters. The van der Waals surface area contributed by atoms with Gasteiger partial charge < -0.3 is 9.80 Å². The van der Waals surface area contributed by atoms with Crippen LogP contribution in [0.1, 0.15) is 17.7 Å². The Morgan fingerprint density at radius 2 is 2.12 bits per heavy atom. The monoisotopic (exact) mass is 320 g/mol. The molecule has 5 heteroatoms. The van der Waals surface area contributed by atoms with Gasteiger partial charge in [-0.05, 0) is 31.5 Å². The van der Waals surface area contributed by atoms with Gasteiger partial charge in [0.05, 0.1) is 17.2 Å². The zero-order valence-electron chi connectivity index (χ0n) is 13.9. The van der Waals surface area contributed by atoms with E-state index in [1.807, 2.05) is 50.4 Å². The summed E-state index contributed by atoms with van der Waals surface area (Å²) in [5, 5.41) is 9.29. The maximum Gasteiger partial charge on any atom is 0.231 e. The third-order valence-corrected chi connectivity index (χ3v) is 4.49. The number of benzene rings is 1. The lowest BCUT2D eigenvalue weighted by Crippen LogP contribution is -2.34. The number of para-hydroxylation sites is 1. The first-order valence-corrected chi connectivity index (χ1v) is 8.04. The molecule has 0 aliphatic carbocycles. The highest BCUT2D eigenvalue weighted by molar-refractivity contribution is 5.95. The Hall–Kier alpha value is -2.87. The molecule has 1 aromatic heterocycles. The first-order valence-electron chi connectivity index (χ1n) is 8.04. The van der Waals surface area contributed by atoms with Crippen LogP contribution in [0.4, 0.5) is 11.4 Å². The summed E-state index contributed by atoms with van der Waals surface area (Å²) < 4.78 is 0. The molecule has 0 saturated carbocycles. The number of hydrogen-bond acceptors (Lipinski definition) is 4. The lowest BCUT2D eigenvalue weighted by atomic mass is 10.1. The van der Waals surface area contributed by atoms with Crippen LogP contribution < -0.4 is 9.80 Å². The van der Waals surface area contributed by atoms with E-state index in [9.17, 15) is 10.1 Å². The van der Waals surface area contributed by atoms with Gasteiger partial charge in [0.15, 0.2) is 0 Å². The third kappa shape index (κ3) is 3.09. The second-order valence-corrected chi connectivity index (χ2v) is 6.12. The summed E-state index contributed by atoms with van der Waals surface area (Å²) in [5.74, 6) is 0.0585. The number of carbonyl (C=O) groups is 1. The van der Waals surface area contributed by atoms with Gasteiger partial charge in [-0.2, -0.15) is 5.26 Å². The van der Waals surface area contributed by atoms with Crippen LogP contribution in [0.15, 0.2) is 42.6 Å². The van der Waals surface area contributed by atoms with Gasteiger partial charge in [0, 0.05) is 37.7 Å². The van der Waals surface area contributed by atoms with Crippen molar-refractivity contribution in [3.63, 3.8) is 0 Å². The van der Waals surface area contributed by atoms with E-state index in [0.29, 0.717) is 12.1 Å². The van der Waals surface area contributed by atoms with Gasteiger partial charge in [-0.1, -0.05) is 18.2 Å². The van der Waals surface area contributed by atoms with Crippen molar-refractivity contribution >= 4 is 17.3 Å². The van der Waals surface area contributed by atoms with E-state index in [1.165, 1.54) is 0 Å². The fourth-order valence-corrected chi connectivity index (χ4v) is 3.13. The lowest BCUT2D eigenvalue weighted by molar-refractivity contribution is -0.121. The van der Waals surface area contributed by atoms with Crippen molar-refractivity contribution in [3.8, 4) is 6.07 Å². The van der Waals surface area contributed by atoms with E-state index < -0.39 is 0 Å². The van der Waals surface area contributed by atoms with Crippen LogP contribution in [-0.4, -0.2) is 31.0 Å². The SMILES string of the molecule is Cc1cc(N2CC[C@H](C(=O)N(C)c3ccccc3)C2)c(C#N)cn1. The highest BCUT2D eigenvalue weighted by atomic mass is 16.2. The van der Waals surface area contributed by atoms with Crippen LogP contribution in [0.3, 0.4) is 0 Å². The molecule has 1 aliphatic rings. The van der Waals surface area contributed by atoms with Crippen LogP contribution in [0.5, 0.6) is 0 Å². The topological polar surface area (TPSA) is 60.2 Å². The zero-order chi connectivity index (χ0) is 17.1. The largest absolute Gasteiger partial charge is 0.370 e. The lowest BCUT2D eigenvalue weighted by Gasteiger charge is -2.23. The van der Waals surface area contributed by atoms with Gasteiger partial charge in [-0.15, -0.1) is 0 Å². The molecule has 1 saturated heterocycles. The number of carbonyl (C=O) groups excluding carboxylic acids is 1. The first-order chi connectivity index (χ1) is 11.6. The molecule has 0 spiro atoms. The van der Waals surface area contributed by atoms with Crippen molar-refractivity contribution in [2.24, 2.45) is 5.92 Å². The van der Waals surface area contributed by atoms with Gasteiger partial charge in [0.1, 0.15) is 6.07 Å². The molecule has 2 heterocycles. The van der Waals surface area contributed by atoms with Crippen molar-refractivity contribution in [2.75, 3.05) is 29.9 Å². The maximum atomic E-state index is 12.8. The van der Waals surface area contributed by atoms with Gasteiger partial charge >= 0.3 is 0 Å². The Labute approximate surface area is 142 Å². The Balaban J connectivity index is 1.75. The Bertz CT molecular complexity index is 782. The minimum Gasteiger partial charge on any atom is -0.370 e. The molecular weight excluding hydrogens is 300 g/mol. The number of rotatable bonds is 3. The number of hydrogen-bond donors (Lipinski definition) is 0. The molecule has 0 N–H and O–H groups in total. The zero-order valence-corrected chi connectivity index (χ0v) is 13.9. The predicted molar refractivity (Wildman–Crippen MR) is 93.9 cm³/mol. The number of nitriles is 1. The molecule has 1 aromatic carbocycles.